The lowest BCUT2D eigenvalue weighted by atomic mass is 9.82. The van der Waals surface area contributed by atoms with Crippen molar-refractivity contribution in [2.75, 3.05) is 5.73 Å². The molecule has 21 heavy (non-hydrogen) atoms. The molecule has 0 saturated carbocycles. The molecule has 0 fully saturated rings. The first-order chi connectivity index (χ1) is 9.91. The smallest absolute Gasteiger partial charge is 0.281 e. The highest BCUT2D eigenvalue weighted by atomic mass is 35.5. The van der Waals surface area contributed by atoms with Gasteiger partial charge in [0.05, 0.1) is 10.5 Å². The van der Waals surface area contributed by atoms with Crippen LogP contribution >= 0.6 is 11.6 Å². The number of hydrogen-bond donors (Lipinski definition) is 1. The summed E-state index contributed by atoms with van der Waals surface area (Å²) in [5, 5.41) is 11.4. The van der Waals surface area contributed by atoms with E-state index in [9.17, 15) is 19.7 Å². The Balaban J connectivity index is 2.40. The van der Waals surface area contributed by atoms with Crippen molar-refractivity contribution in [1.29, 1.82) is 0 Å². The van der Waals surface area contributed by atoms with E-state index in [4.69, 9.17) is 17.3 Å². The Kier molecular flexibility index (Phi) is 2.77. The number of fused-ring (bicyclic) bond motifs is 2. The topological polar surface area (TPSA) is 103 Å². The van der Waals surface area contributed by atoms with E-state index < -0.39 is 22.2 Å². The van der Waals surface area contributed by atoms with Crippen LogP contribution in [0.15, 0.2) is 30.3 Å². The average Bonchev–Trinajstić information content (AvgIpc) is 2.44. The Bertz CT molecular complexity index is 845. The molecule has 1 aliphatic carbocycles. The van der Waals surface area contributed by atoms with Gasteiger partial charge in [-0.25, -0.2) is 0 Å². The van der Waals surface area contributed by atoms with Gasteiger partial charge in [0.1, 0.15) is 5.56 Å². The van der Waals surface area contributed by atoms with E-state index in [-0.39, 0.29) is 33.0 Å². The van der Waals surface area contributed by atoms with Gasteiger partial charge in [0.2, 0.25) is 5.78 Å². The van der Waals surface area contributed by atoms with Crippen molar-refractivity contribution in [2.24, 2.45) is 0 Å². The summed E-state index contributed by atoms with van der Waals surface area (Å²) in [6.07, 6.45) is 0. The minimum atomic E-state index is -0.709. The number of nitro benzene ring substituents is 1. The second-order valence-electron chi connectivity index (χ2n) is 4.53. The van der Waals surface area contributed by atoms with Gasteiger partial charge in [-0.2, -0.15) is 0 Å². The maximum atomic E-state index is 12.5. The van der Waals surface area contributed by atoms with Crippen molar-refractivity contribution in [1.82, 2.24) is 0 Å². The van der Waals surface area contributed by atoms with E-state index >= 15 is 0 Å². The van der Waals surface area contributed by atoms with Crippen LogP contribution in [0.5, 0.6) is 0 Å². The lowest BCUT2D eigenvalue weighted by molar-refractivity contribution is -0.385. The molecule has 2 aromatic rings. The lowest BCUT2D eigenvalue weighted by Crippen LogP contribution is -2.23. The van der Waals surface area contributed by atoms with Crippen LogP contribution in [-0.2, 0) is 0 Å². The molecule has 6 nitrogen and oxygen atoms in total. The molecule has 104 valence electrons. The SMILES string of the molecule is Nc1ccc([N+](=O)[O-])c2c1C(=O)c1ccc(Cl)cc1C2=O. The summed E-state index contributed by atoms with van der Waals surface area (Å²) in [7, 11) is 0. The van der Waals surface area contributed by atoms with Crippen LogP contribution in [0.3, 0.4) is 0 Å². The van der Waals surface area contributed by atoms with E-state index in [1.807, 2.05) is 0 Å². The van der Waals surface area contributed by atoms with Crippen LogP contribution in [0.2, 0.25) is 5.02 Å². The molecule has 2 N–H and O–H groups in total. The highest BCUT2D eigenvalue weighted by Crippen LogP contribution is 2.36. The maximum Gasteiger partial charge on any atom is 0.281 e. The van der Waals surface area contributed by atoms with Gasteiger partial charge in [0, 0.05) is 27.9 Å². The molecule has 0 spiro atoms. The molecule has 0 aromatic heterocycles. The van der Waals surface area contributed by atoms with E-state index in [1.165, 1.54) is 24.3 Å². The number of nitro groups is 1. The zero-order valence-corrected chi connectivity index (χ0v) is 11.2. The van der Waals surface area contributed by atoms with Gasteiger partial charge < -0.3 is 5.73 Å². The number of hydrogen-bond acceptors (Lipinski definition) is 5. The number of halogens is 1. The third kappa shape index (κ3) is 1.80. The first kappa shape index (κ1) is 13.3. The number of nitrogens with two attached hydrogens (primary N) is 1. The number of nitrogens with zero attached hydrogens (tertiary/aromatic N) is 1. The molecule has 0 saturated heterocycles. The number of carbonyl (C=O) groups excluding carboxylic acids is 2. The number of benzene rings is 2. The molecule has 7 heteroatoms. The van der Waals surface area contributed by atoms with Gasteiger partial charge in [-0.05, 0) is 24.3 Å². The van der Waals surface area contributed by atoms with Crippen molar-refractivity contribution >= 4 is 34.5 Å². The molecular weight excluding hydrogens is 296 g/mol. The average molecular weight is 303 g/mol. The molecule has 2 aromatic carbocycles. The molecule has 0 atom stereocenters. The fraction of sp³-hybridized carbons (Fsp3) is 0. The number of anilines is 1. The van der Waals surface area contributed by atoms with Crippen molar-refractivity contribution in [3.8, 4) is 0 Å². The van der Waals surface area contributed by atoms with Crippen LogP contribution in [0.1, 0.15) is 31.8 Å². The maximum absolute atomic E-state index is 12.5. The molecule has 3 rings (SSSR count). The monoisotopic (exact) mass is 302 g/mol. The van der Waals surface area contributed by atoms with E-state index in [0.717, 1.165) is 6.07 Å². The van der Waals surface area contributed by atoms with Crippen LogP contribution < -0.4 is 5.73 Å². The second kappa shape index (κ2) is 4.39. The second-order valence-corrected chi connectivity index (χ2v) is 4.97. The van der Waals surface area contributed by atoms with Crippen LogP contribution in [-0.4, -0.2) is 16.5 Å². The van der Waals surface area contributed by atoms with Crippen molar-refractivity contribution in [2.45, 2.75) is 0 Å². The minimum Gasteiger partial charge on any atom is -0.398 e. The number of carbonyl (C=O) groups is 2. The Hall–Kier alpha value is -2.73. The van der Waals surface area contributed by atoms with Crippen LogP contribution in [0, 0.1) is 10.1 Å². The largest absolute Gasteiger partial charge is 0.398 e. The van der Waals surface area contributed by atoms with E-state index in [0.29, 0.717) is 0 Å². The predicted octanol–water partition coefficient (Wildman–Crippen LogP) is 2.61. The van der Waals surface area contributed by atoms with Gasteiger partial charge >= 0.3 is 0 Å². The molecular formula is C14H7ClN2O4. The third-order valence-corrected chi connectivity index (χ3v) is 3.57. The summed E-state index contributed by atoms with van der Waals surface area (Å²) < 4.78 is 0. The summed E-state index contributed by atoms with van der Waals surface area (Å²) in [6.45, 7) is 0. The van der Waals surface area contributed by atoms with Crippen LogP contribution in [0.25, 0.3) is 0 Å². The standard InChI is InChI=1S/C14H7ClN2O4/c15-6-1-2-7-8(5-6)14(19)12-10(17(20)21)4-3-9(16)11(12)13(7)18/h1-5H,16H2. The van der Waals surface area contributed by atoms with Gasteiger partial charge in [-0.3, -0.25) is 19.7 Å². The molecule has 0 aliphatic heterocycles. The predicted molar refractivity (Wildman–Crippen MR) is 75.8 cm³/mol. The van der Waals surface area contributed by atoms with E-state index in [2.05, 4.69) is 0 Å². The lowest BCUT2D eigenvalue weighted by Gasteiger charge is -2.18. The fourth-order valence-corrected chi connectivity index (χ4v) is 2.58. The molecule has 0 radical (unpaired) electrons. The summed E-state index contributed by atoms with van der Waals surface area (Å²) >= 11 is 5.83. The molecule has 0 unspecified atom stereocenters. The summed E-state index contributed by atoms with van der Waals surface area (Å²) in [6, 6.07) is 6.59. The number of nitrogen functional groups attached to an aromatic ring is 1. The molecule has 1 aliphatic rings. The Morgan fingerprint density at radius 1 is 1.00 bits per heavy atom. The summed E-state index contributed by atoms with van der Waals surface area (Å²) in [4.78, 5) is 35.4. The Labute approximate surface area is 123 Å². The molecule has 0 heterocycles. The Morgan fingerprint density at radius 2 is 1.67 bits per heavy atom. The van der Waals surface area contributed by atoms with Crippen molar-refractivity contribution < 1.29 is 14.5 Å². The zero-order valence-electron chi connectivity index (χ0n) is 10.4. The van der Waals surface area contributed by atoms with Crippen molar-refractivity contribution in [3.63, 3.8) is 0 Å². The number of rotatable bonds is 1. The first-order valence-electron chi connectivity index (χ1n) is 5.87. The van der Waals surface area contributed by atoms with Gasteiger partial charge in [-0.1, -0.05) is 11.6 Å². The summed E-state index contributed by atoms with van der Waals surface area (Å²) in [5.74, 6) is -1.14. The first-order valence-corrected chi connectivity index (χ1v) is 6.25. The highest BCUT2D eigenvalue weighted by Gasteiger charge is 2.37. The zero-order chi connectivity index (χ0) is 15.3. The van der Waals surface area contributed by atoms with Crippen LogP contribution in [0.4, 0.5) is 11.4 Å². The van der Waals surface area contributed by atoms with Gasteiger partial charge in [0.25, 0.3) is 5.69 Å². The van der Waals surface area contributed by atoms with Gasteiger partial charge in [-0.15, -0.1) is 0 Å². The minimum absolute atomic E-state index is 0.0366. The van der Waals surface area contributed by atoms with Gasteiger partial charge in [0.15, 0.2) is 5.78 Å². The van der Waals surface area contributed by atoms with Crippen molar-refractivity contribution in [3.05, 3.63) is 67.7 Å². The quantitative estimate of drug-likeness (QED) is 0.423. The van der Waals surface area contributed by atoms with E-state index in [1.54, 1.807) is 0 Å². The number of ketones is 2. The molecule has 0 bridgehead atoms. The summed E-state index contributed by atoms with van der Waals surface area (Å²) in [5.41, 5.74) is 5.12. The third-order valence-electron chi connectivity index (χ3n) is 3.34. The fourth-order valence-electron chi connectivity index (χ4n) is 2.41. The molecule has 0 amide bonds. The normalized spacial score (nSPS) is 12.8. The Morgan fingerprint density at radius 3 is 2.33 bits per heavy atom. The highest BCUT2D eigenvalue weighted by molar-refractivity contribution is 6.34.